The maximum absolute atomic E-state index is 6.09. The summed E-state index contributed by atoms with van der Waals surface area (Å²) in [7, 11) is 0. The Bertz CT molecular complexity index is 136. The van der Waals surface area contributed by atoms with Crippen molar-refractivity contribution in [1.82, 2.24) is 4.90 Å². The first-order valence-corrected chi connectivity index (χ1v) is 5.79. The summed E-state index contributed by atoms with van der Waals surface area (Å²) in [5.41, 5.74) is 6.09. The highest BCUT2D eigenvalue weighted by Crippen LogP contribution is 2.22. The van der Waals surface area contributed by atoms with Crippen LogP contribution in [0.4, 0.5) is 0 Å². The monoisotopic (exact) mass is 184 g/mol. The number of rotatable bonds is 5. The zero-order valence-corrected chi connectivity index (χ0v) is 9.13. The molecule has 13 heavy (non-hydrogen) atoms. The van der Waals surface area contributed by atoms with Gasteiger partial charge in [0.2, 0.25) is 0 Å². The van der Waals surface area contributed by atoms with Crippen molar-refractivity contribution in [3.05, 3.63) is 0 Å². The van der Waals surface area contributed by atoms with Crippen molar-refractivity contribution in [3.63, 3.8) is 0 Å². The number of likely N-dealkylation sites (N-methyl/N-ethyl adjacent to an activating group) is 1. The molecular formula is C11H24N2. The Hall–Kier alpha value is -0.0800. The van der Waals surface area contributed by atoms with E-state index in [0.717, 1.165) is 0 Å². The minimum Gasteiger partial charge on any atom is -0.326 e. The molecule has 0 aromatic heterocycles. The predicted octanol–water partition coefficient (Wildman–Crippen LogP) is 1.99. The highest BCUT2D eigenvalue weighted by atomic mass is 15.2. The lowest BCUT2D eigenvalue weighted by atomic mass is 10.1. The molecule has 0 bridgehead atoms. The molecule has 2 N–H and O–H groups in total. The third-order valence-corrected chi connectivity index (χ3v) is 3.21. The lowest BCUT2D eigenvalue weighted by Crippen LogP contribution is -2.44. The Kier molecular flexibility index (Phi) is 4.74. The molecule has 2 heteroatoms. The third-order valence-electron chi connectivity index (χ3n) is 3.21. The molecular weight excluding hydrogens is 160 g/mol. The van der Waals surface area contributed by atoms with Crippen molar-refractivity contribution in [2.75, 3.05) is 13.1 Å². The largest absolute Gasteiger partial charge is 0.326 e. The minimum absolute atomic E-state index is 0.441. The van der Waals surface area contributed by atoms with Crippen molar-refractivity contribution in [2.24, 2.45) is 5.73 Å². The van der Waals surface area contributed by atoms with E-state index in [4.69, 9.17) is 5.73 Å². The summed E-state index contributed by atoms with van der Waals surface area (Å²) in [5, 5.41) is 0. The van der Waals surface area contributed by atoms with Crippen LogP contribution in [0, 0.1) is 0 Å². The van der Waals surface area contributed by atoms with Crippen LogP contribution < -0.4 is 5.73 Å². The van der Waals surface area contributed by atoms with E-state index in [1.54, 1.807) is 0 Å². The maximum Gasteiger partial charge on any atom is 0.0247 e. The quantitative estimate of drug-likeness (QED) is 0.708. The normalized spacial score (nSPS) is 28.6. The van der Waals surface area contributed by atoms with Crippen LogP contribution in [-0.2, 0) is 0 Å². The van der Waals surface area contributed by atoms with Gasteiger partial charge in [-0.15, -0.1) is 0 Å². The summed E-state index contributed by atoms with van der Waals surface area (Å²) in [5.74, 6) is 0. The Balaban J connectivity index is 2.35. The summed E-state index contributed by atoms with van der Waals surface area (Å²) in [4.78, 5) is 2.57. The van der Waals surface area contributed by atoms with E-state index in [1.165, 1.54) is 45.2 Å². The molecule has 0 aromatic rings. The molecule has 1 aliphatic rings. The summed E-state index contributed by atoms with van der Waals surface area (Å²) < 4.78 is 0. The van der Waals surface area contributed by atoms with E-state index in [2.05, 4.69) is 18.7 Å². The second-order valence-corrected chi connectivity index (χ2v) is 4.14. The van der Waals surface area contributed by atoms with Crippen LogP contribution in [0.3, 0.4) is 0 Å². The Morgan fingerprint density at radius 2 is 2.08 bits per heavy atom. The van der Waals surface area contributed by atoms with Crippen molar-refractivity contribution in [2.45, 2.75) is 58.0 Å². The van der Waals surface area contributed by atoms with Gasteiger partial charge in [-0.05, 0) is 32.4 Å². The van der Waals surface area contributed by atoms with Crippen LogP contribution >= 0.6 is 0 Å². The molecule has 0 saturated heterocycles. The van der Waals surface area contributed by atoms with Gasteiger partial charge in [0.1, 0.15) is 0 Å². The summed E-state index contributed by atoms with van der Waals surface area (Å²) in [6.07, 6.45) is 6.48. The first-order valence-electron chi connectivity index (χ1n) is 5.79. The van der Waals surface area contributed by atoms with Crippen LogP contribution in [0.15, 0.2) is 0 Å². The fourth-order valence-corrected chi connectivity index (χ4v) is 2.34. The molecule has 0 spiro atoms. The second kappa shape index (κ2) is 5.61. The van der Waals surface area contributed by atoms with Gasteiger partial charge in [0, 0.05) is 12.1 Å². The first-order chi connectivity index (χ1) is 6.29. The van der Waals surface area contributed by atoms with Crippen LogP contribution in [0.5, 0.6) is 0 Å². The van der Waals surface area contributed by atoms with Crippen LogP contribution in [-0.4, -0.2) is 30.1 Å². The molecule has 2 unspecified atom stereocenters. The average Bonchev–Trinajstić information content (AvgIpc) is 2.54. The molecule has 2 nitrogen and oxygen atoms in total. The van der Waals surface area contributed by atoms with E-state index in [1.807, 2.05) is 0 Å². The fraction of sp³-hybridized carbons (Fsp3) is 1.00. The maximum atomic E-state index is 6.09. The molecule has 0 aliphatic heterocycles. The van der Waals surface area contributed by atoms with Crippen molar-refractivity contribution < 1.29 is 0 Å². The lowest BCUT2D eigenvalue weighted by molar-refractivity contribution is 0.192. The predicted molar refractivity (Wildman–Crippen MR) is 57.8 cm³/mol. The topological polar surface area (TPSA) is 29.3 Å². The molecule has 1 rings (SSSR count). The van der Waals surface area contributed by atoms with E-state index in [9.17, 15) is 0 Å². The van der Waals surface area contributed by atoms with Crippen LogP contribution in [0.1, 0.15) is 46.0 Å². The van der Waals surface area contributed by atoms with E-state index < -0.39 is 0 Å². The van der Waals surface area contributed by atoms with Gasteiger partial charge < -0.3 is 5.73 Å². The van der Waals surface area contributed by atoms with Gasteiger partial charge in [-0.25, -0.2) is 0 Å². The Labute approximate surface area is 82.5 Å². The zero-order chi connectivity index (χ0) is 9.68. The average molecular weight is 184 g/mol. The van der Waals surface area contributed by atoms with Gasteiger partial charge >= 0.3 is 0 Å². The Morgan fingerprint density at radius 3 is 2.54 bits per heavy atom. The standard InChI is InChI=1S/C11H24N2/c1-3-5-9-13(4-2)11-8-6-7-10(11)12/h10-11H,3-9,12H2,1-2H3. The molecule has 1 fully saturated rings. The highest BCUT2D eigenvalue weighted by molar-refractivity contribution is 4.87. The van der Waals surface area contributed by atoms with Crippen LogP contribution in [0.25, 0.3) is 0 Å². The van der Waals surface area contributed by atoms with Gasteiger partial charge in [0.05, 0.1) is 0 Å². The molecule has 1 aliphatic carbocycles. The first kappa shape index (κ1) is 11.0. The minimum atomic E-state index is 0.441. The Morgan fingerprint density at radius 1 is 1.31 bits per heavy atom. The van der Waals surface area contributed by atoms with E-state index >= 15 is 0 Å². The van der Waals surface area contributed by atoms with E-state index in [0.29, 0.717) is 12.1 Å². The van der Waals surface area contributed by atoms with Crippen molar-refractivity contribution in [3.8, 4) is 0 Å². The molecule has 0 amide bonds. The summed E-state index contributed by atoms with van der Waals surface area (Å²) >= 11 is 0. The number of unbranched alkanes of at least 4 members (excludes halogenated alkanes) is 1. The number of nitrogens with zero attached hydrogens (tertiary/aromatic N) is 1. The SMILES string of the molecule is CCCCN(CC)C1CCCC1N. The summed E-state index contributed by atoms with van der Waals surface area (Å²) in [6.45, 7) is 6.91. The van der Waals surface area contributed by atoms with Crippen molar-refractivity contribution in [1.29, 1.82) is 0 Å². The number of hydrogen-bond acceptors (Lipinski definition) is 2. The molecule has 1 saturated carbocycles. The molecule has 0 heterocycles. The fourth-order valence-electron chi connectivity index (χ4n) is 2.34. The zero-order valence-electron chi connectivity index (χ0n) is 9.13. The smallest absolute Gasteiger partial charge is 0.0247 e. The number of nitrogens with two attached hydrogens (primary N) is 1. The second-order valence-electron chi connectivity index (χ2n) is 4.14. The molecule has 2 atom stereocenters. The van der Waals surface area contributed by atoms with Gasteiger partial charge in [0.25, 0.3) is 0 Å². The van der Waals surface area contributed by atoms with Gasteiger partial charge in [0.15, 0.2) is 0 Å². The van der Waals surface area contributed by atoms with Gasteiger partial charge in [-0.2, -0.15) is 0 Å². The van der Waals surface area contributed by atoms with Gasteiger partial charge in [-0.3, -0.25) is 4.90 Å². The molecule has 0 radical (unpaired) electrons. The van der Waals surface area contributed by atoms with Gasteiger partial charge in [-0.1, -0.05) is 26.7 Å². The number of hydrogen-bond donors (Lipinski definition) is 1. The van der Waals surface area contributed by atoms with Crippen LogP contribution in [0.2, 0.25) is 0 Å². The third kappa shape index (κ3) is 2.96. The highest BCUT2D eigenvalue weighted by Gasteiger charge is 2.27. The molecule has 0 aromatic carbocycles. The van der Waals surface area contributed by atoms with E-state index in [-0.39, 0.29) is 0 Å². The summed E-state index contributed by atoms with van der Waals surface area (Å²) in [6, 6.07) is 1.12. The lowest BCUT2D eigenvalue weighted by Gasteiger charge is -2.30. The van der Waals surface area contributed by atoms with Crippen molar-refractivity contribution >= 4 is 0 Å². The molecule has 78 valence electrons.